The molecular formula is C16H13ClN2O2. The Bertz CT molecular complexity index is 711. The maximum atomic E-state index is 11.8. The summed E-state index contributed by atoms with van der Waals surface area (Å²) in [6, 6.07) is 13.6. The molecule has 2 rings (SSSR count). The van der Waals surface area contributed by atoms with Crippen molar-refractivity contribution in [3.8, 4) is 0 Å². The van der Waals surface area contributed by atoms with Gasteiger partial charge in [-0.3, -0.25) is 9.59 Å². The standard InChI is InChI=1S/C16H13ClN2O2/c17-14-7-2-1-4-11(14)8-9-15(20)19-13-6-3-5-12(10-13)16(18)21/h1-10H,(H2,18,21)(H,19,20)/b9-8+. The number of carbonyl (C=O) groups is 2. The van der Waals surface area contributed by atoms with Crippen LogP contribution in [0, 0.1) is 0 Å². The largest absolute Gasteiger partial charge is 0.366 e. The van der Waals surface area contributed by atoms with Gasteiger partial charge in [-0.2, -0.15) is 0 Å². The second-order valence-corrected chi connectivity index (χ2v) is 4.70. The van der Waals surface area contributed by atoms with Crippen LogP contribution in [-0.2, 0) is 4.79 Å². The topological polar surface area (TPSA) is 72.2 Å². The average molecular weight is 301 g/mol. The third-order valence-corrected chi connectivity index (χ3v) is 3.08. The zero-order valence-corrected chi connectivity index (χ0v) is 11.8. The summed E-state index contributed by atoms with van der Waals surface area (Å²) in [5.74, 6) is -0.866. The molecule has 0 atom stereocenters. The fraction of sp³-hybridized carbons (Fsp3) is 0. The molecule has 3 N–H and O–H groups in total. The highest BCUT2D eigenvalue weighted by Crippen LogP contribution is 2.16. The lowest BCUT2D eigenvalue weighted by Crippen LogP contribution is -2.12. The fourth-order valence-corrected chi connectivity index (χ4v) is 1.91. The minimum absolute atomic E-state index is 0.323. The van der Waals surface area contributed by atoms with E-state index in [1.807, 2.05) is 12.1 Å². The van der Waals surface area contributed by atoms with Gasteiger partial charge < -0.3 is 11.1 Å². The molecule has 5 heteroatoms. The van der Waals surface area contributed by atoms with Crippen molar-refractivity contribution in [2.75, 3.05) is 5.32 Å². The van der Waals surface area contributed by atoms with E-state index < -0.39 is 5.91 Å². The number of nitrogens with one attached hydrogen (secondary N) is 1. The third kappa shape index (κ3) is 4.19. The number of hydrogen-bond donors (Lipinski definition) is 2. The van der Waals surface area contributed by atoms with E-state index in [0.29, 0.717) is 16.3 Å². The van der Waals surface area contributed by atoms with Crippen LogP contribution < -0.4 is 11.1 Å². The number of hydrogen-bond acceptors (Lipinski definition) is 2. The molecule has 2 amide bonds. The summed E-state index contributed by atoms with van der Waals surface area (Å²) in [6.07, 6.45) is 2.99. The van der Waals surface area contributed by atoms with Crippen molar-refractivity contribution >= 4 is 35.2 Å². The second kappa shape index (κ2) is 6.72. The smallest absolute Gasteiger partial charge is 0.248 e. The molecule has 0 saturated heterocycles. The van der Waals surface area contributed by atoms with Gasteiger partial charge in [0.05, 0.1) is 0 Å². The summed E-state index contributed by atoms with van der Waals surface area (Å²) < 4.78 is 0. The number of nitrogens with two attached hydrogens (primary N) is 1. The van der Waals surface area contributed by atoms with Crippen LogP contribution >= 0.6 is 11.6 Å². The third-order valence-electron chi connectivity index (χ3n) is 2.73. The summed E-state index contributed by atoms with van der Waals surface area (Å²) >= 11 is 5.99. The first-order valence-electron chi connectivity index (χ1n) is 6.20. The quantitative estimate of drug-likeness (QED) is 0.852. The van der Waals surface area contributed by atoms with Gasteiger partial charge in [-0.25, -0.2) is 0 Å². The van der Waals surface area contributed by atoms with E-state index >= 15 is 0 Å². The lowest BCUT2D eigenvalue weighted by molar-refractivity contribution is -0.111. The van der Waals surface area contributed by atoms with Gasteiger partial charge in [0, 0.05) is 22.3 Å². The van der Waals surface area contributed by atoms with Gasteiger partial charge in [0.2, 0.25) is 11.8 Å². The van der Waals surface area contributed by atoms with Crippen LogP contribution in [0.4, 0.5) is 5.69 Å². The Morgan fingerprint density at radius 1 is 1.10 bits per heavy atom. The Morgan fingerprint density at radius 2 is 1.86 bits per heavy atom. The highest BCUT2D eigenvalue weighted by Gasteiger charge is 2.03. The molecule has 0 unspecified atom stereocenters. The van der Waals surface area contributed by atoms with Crippen LogP contribution in [0.1, 0.15) is 15.9 Å². The number of rotatable bonds is 4. The predicted molar refractivity (Wildman–Crippen MR) is 84.1 cm³/mol. The molecule has 0 aliphatic heterocycles. The molecule has 0 aromatic heterocycles. The molecule has 0 saturated carbocycles. The number of halogens is 1. The average Bonchev–Trinajstić information content (AvgIpc) is 2.46. The molecule has 0 bridgehead atoms. The molecule has 0 spiro atoms. The van der Waals surface area contributed by atoms with Gasteiger partial charge in [-0.05, 0) is 35.9 Å². The van der Waals surface area contributed by atoms with Gasteiger partial charge in [0.15, 0.2) is 0 Å². The first-order valence-corrected chi connectivity index (χ1v) is 6.57. The Kier molecular flexibility index (Phi) is 4.74. The molecule has 106 valence electrons. The number of carbonyl (C=O) groups excluding carboxylic acids is 2. The molecule has 0 fully saturated rings. The van der Waals surface area contributed by atoms with E-state index in [0.717, 1.165) is 5.56 Å². The van der Waals surface area contributed by atoms with E-state index in [4.69, 9.17) is 17.3 Å². The van der Waals surface area contributed by atoms with Crippen molar-refractivity contribution in [2.45, 2.75) is 0 Å². The first kappa shape index (κ1) is 14.8. The van der Waals surface area contributed by atoms with Crippen molar-refractivity contribution < 1.29 is 9.59 Å². The Balaban J connectivity index is 2.07. The normalized spacial score (nSPS) is 10.5. The first-order chi connectivity index (χ1) is 10.1. The van der Waals surface area contributed by atoms with E-state index in [-0.39, 0.29) is 5.91 Å². The summed E-state index contributed by atoms with van der Waals surface area (Å²) in [7, 11) is 0. The maximum Gasteiger partial charge on any atom is 0.248 e. The molecule has 2 aromatic rings. The zero-order valence-electron chi connectivity index (χ0n) is 11.0. The van der Waals surface area contributed by atoms with Gasteiger partial charge in [-0.1, -0.05) is 35.9 Å². The molecular weight excluding hydrogens is 288 g/mol. The van der Waals surface area contributed by atoms with Crippen LogP contribution in [0.2, 0.25) is 5.02 Å². The second-order valence-electron chi connectivity index (χ2n) is 4.29. The van der Waals surface area contributed by atoms with Crippen molar-refractivity contribution in [2.24, 2.45) is 5.73 Å². The minimum Gasteiger partial charge on any atom is -0.366 e. The van der Waals surface area contributed by atoms with E-state index in [1.165, 1.54) is 12.1 Å². The van der Waals surface area contributed by atoms with Crippen molar-refractivity contribution in [3.05, 3.63) is 70.8 Å². The number of primary amides is 1. The van der Waals surface area contributed by atoms with Crippen LogP contribution in [0.15, 0.2) is 54.6 Å². The van der Waals surface area contributed by atoms with Gasteiger partial charge in [-0.15, -0.1) is 0 Å². The molecule has 4 nitrogen and oxygen atoms in total. The van der Waals surface area contributed by atoms with Gasteiger partial charge in [0.1, 0.15) is 0 Å². The van der Waals surface area contributed by atoms with Crippen molar-refractivity contribution in [3.63, 3.8) is 0 Å². The number of anilines is 1. The SMILES string of the molecule is NC(=O)c1cccc(NC(=O)/C=C/c2ccccc2Cl)c1. The minimum atomic E-state index is -0.544. The zero-order chi connectivity index (χ0) is 15.2. The van der Waals surface area contributed by atoms with Crippen LogP contribution in [0.25, 0.3) is 6.08 Å². The van der Waals surface area contributed by atoms with Gasteiger partial charge in [0.25, 0.3) is 0 Å². The predicted octanol–water partition coefficient (Wildman–Crippen LogP) is 3.09. The van der Waals surface area contributed by atoms with Crippen molar-refractivity contribution in [1.82, 2.24) is 0 Å². The number of amides is 2. The fourth-order valence-electron chi connectivity index (χ4n) is 1.71. The lowest BCUT2D eigenvalue weighted by atomic mass is 10.2. The molecule has 21 heavy (non-hydrogen) atoms. The van der Waals surface area contributed by atoms with Crippen LogP contribution in [0.3, 0.4) is 0 Å². The highest BCUT2D eigenvalue weighted by atomic mass is 35.5. The summed E-state index contributed by atoms with van der Waals surface area (Å²) in [5, 5.41) is 3.22. The van der Waals surface area contributed by atoms with Crippen LogP contribution in [-0.4, -0.2) is 11.8 Å². The van der Waals surface area contributed by atoms with E-state index in [2.05, 4.69) is 5.32 Å². The van der Waals surface area contributed by atoms with E-state index in [1.54, 1.807) is 36.4 Å². The Labute approximate surface area is 127 Å². The molecule has 0 aliphatic rings. The van der Waals surface area contributed by atoms with E-state index in [9.17, 15) is 9.59 Å². The maximum absolute atomic E-state index is 11.8. The number of benzene rings is 2. The molecule has 0 aliphatic carbocycles. The molecule has 0 heterocycles. The summed E-state index contributed by atoms with van der Waals surface area (Å²) in [4.78, 5) is 22.9. The van der Waals surface area contributed by atoms with Crippen LogP contribution in [0.5, 0.6) is 0 Å². The van der Waals surface area contributed by atoms with Gasteiger partial charge >= 0.3 is 0 Å². The summed E-state index contributed by atoms with van der Waals surface area (Å²) in [6.45, 7) is 0. The lowest BCUT2D eigenvalue weighted by Gasteiger charge is -2.03. The Hall–Kier alpha value is -2.59. The summed E-state index contributed by atoms with van der Waals surface area (Å²) in [5.41, 5.74) is 6.77. The highest BCUT2D eigenvalue weighted by molar-refractivity contribution is 6.32. The van der Waals surface area contributed by atoms with Crippen molar-refractivity contribution in [1.29, 1.82) is 0 Å². The monoisotopic (exact) mass is 300 g/mol. The molecule has 2 aromatic carbocycles. The molecule has 0 radical (unpaired) electrons. The Morgan fingerprint density at radius 3 is 2.57 bits per heavy atom.